The first kappa shape index (κ1) is 20.1. The summed E-state index contributed by atoms with van der Waals surface area (Å²) in [6, 6.07) is 8.96. The lowest BCUT2D eigenvalue weighted by Gasteiger charge is -2.37. The average Bonchev–Trinajstić information content (AvgIpc) is 2.72. The van der Waals surface area contributed by atoms with E-state index in [9.17, 15) is 0 Å². The van der Waals surface area contributed by atoms with Gasteiger partial charge in [0.2, 0.25) is 0 Å². The maximum absolute atomic E-state index is 4.94. The van der Waals surface area contributed by atoms with Gasteiger partial charge in [-0.15, -0.1) is 0 Å². The van der Waals surface area contributed by atoms with Crippen molar-refractivity contribution in [3.05, 3.63) is 70.5 Å². The zero-order valence-corrected chi connectivity index (χ0v) is 18.1. The predicted molar refractivity (Wildman–Crippen MR) is 125 cm³/mol. The molecule has 2 aliphatic carbocycles. The van der Waals surface area contributed by atoms with Crippen LogP contribution >= 0.6 is 0 Å². The third-order valence-electron chi connectivity index (χ3n) is 6.65. The molecule has 4 atom stereocenters. The molecular formula is C27H34N2. The minimum absolute atomic E-state index is 0.139. The van der Waals surface area contributed by atoms with Crippen LogP contribution in [-0.2, 0) is 6.42 Å². The van der Waals surface area contributed by atoms with Gasteiger partial charge in [-0.1, -0.05) is 74.2 Å². The normalized spacial score (nSPS) is 29.3. The minimum atomic E-state index is 0.139. The Hall–Kier alpha value is -2.22. The number of aryl methyl sites for hydroxylation is 1. The molecule has 0 spiro atoms. The van der Waals surface area contributed by atoms with Crippen molar-refractivity contribution in [2.45, 2.75) is 65.3 Å². The third kappa shape index (κ3) is 4.52. The molecule has 0 amide bonds. The number of hydrogen-bond donors (Lipinski definition) is 0. The standard InChI is InChI=1S/C27H34N2/c1-4-14-28-26-23(18-21-9-5-7-19(2)16-21)11-12-25-24(13-15-29-27(25)26)22-10-6-8-20(3)17-22/h5,7,9,11-16,20,22,25,27H,4,6,8,10,17-18H2,1-3H3. The molecule has 0 bridgehead atoms. The highest BCUT2D eigenvalue weighted by atomic mass is 14.9. The van der Waals surface area contributed by atoms with Crippen molar-refractivity contribution in [3.8, 4) is 0 Å². The monoisotopic (exact) mass is 386 g/mol. The molecule has 0 saturated heterocycles. The van der Waals surface area contributed by atoms with E-state index in [1.807, 2.05) is 0 Å². The summed E-state index contributed by atoms with van der Waals surface area (Å²) in [4.78, 5) is 9.88. The molecule has 1 aromatic carbocycles. The molecule has 1 saturated carbocycles. The number of benzene rings is 1. The van der Waals surface area contributed by atoms with Crippen LogP contribution in [0.4, 0.5) is 0 Å². The lowest BCUT2D eigenvalue weighted by atomic mass is 9.70. The van der Waals surface area contributed by atoms with Crippen LogP contribution < -0.4 is 0 Å². The lowest BCUT2D eigenvalue weighted by molar-refractivity contribution is 0.299. The molecule has 0 aromatic heterocycles. The highest BCUT2D eigenvalue weighted by Crippen LogP contribution is 2.43. The molecule has 152 valence electrons. The number of fused-ring (bicyclic) bond motifs is 1. The van der Waals surface area contributed by atoms with E-state index in [1.54, 1.807) is 5.57 Å². The van der Waals surface area contributed by atoms with Crippen molar-refractivity contribution in [2.24, 2.45) is 27.7 Å². The van der Waals surface area contributed by atoms with Crippen molar-refractivity contribution in [1.29, 1.82) is 0 Å². The number of allylic oxidation sites excluding steroid dienone is 3. The van der Waals surface area contributed by atoms with E-state index in [4.69, 9.17) is 9.98 Å². The van der Waals surface area contributed by atoms with Crippen LogP contribution in [0.3, 0.4) is 0 Å². The molecule has 1 heterocycles. The minimum Gasteiger partial charge on any atom is -0.282 e. The first-order chi connectivity index (χ1) is 14.2. The second kappa shape index (κ2) is 9.07. The van der Waals surface area contributed by atoms with E-state index in [0.717, 1.165) is 18.8 Å². The summed E-state index contributed by atoms with van der Waals surface area (Å²) in [6.45, 7) is 6.72. The maximum Gasteiger partial charge on any atom is 0.102 e. The first-order valence-corrected chi connectivity index (χ1v) is 11.4. The van der Waals surface area contributed by atoms with Gasteiger partial charge in [0.15, 0.2) is 0 Å². The molecule has 1 fully saturated rings. The van der Waals surface area contributed by atoms with Crippen LogP contribution in [0.5, 0.6) is 0 Å². The van der Waals surface area contributed by atoms with Crippen molar-refractivity contribution >= 4 is 12.4 Å². The van der Waals surface area contributed by atoms with Crippen molar-refractivity contribution in [3.63, 3.8) is 0 Å². The Kier molecular flexibility index (Phi) is 6.28. The Balaban J connectivity index is 1.64. The van der Waals surface area contributed by atoms with Gasteiger partial charge < -0.3 is 0 Å². The summed E-state index contributed by atoms with van der Waals surface area (Å²) < 4.78 is 0. The Morgan fingerprint density at radius 3 is 2.93 bits per heavy atom. The van der Waals surface area contributed by atoms with Gasteiger partial charge in [-0.2, -0.15) is 0 Å². The largest absolute Gasteiger partial charge is 0.282 e. The fraction of sp³-hybridized carbons (Fsp3) is 0.481. The van der Waals surface area contributed by atoms with E-state index in [-0.39, 0.29) is 6.04 Å². The maximum atomic E-state index is 4.94. The predicted octanol–water partition coefficient (Wildman–Crippen LogP) is 6.66. The zero-order valence-electron chi connectivity index (χ0n) is 18.1. The van der Waals surface area contributed by atoms with E-state index >= 15 is 0 Å². The number of aliphatic imine (C=N–C) groups is 2. The quantitative estimate of drug-likeness (QED) is 0.505. The fourth-order valence-corrected chi connectivity index (χ4v) is 5.25. The SMILES string of the molecule is CCC=NC1=C(Cc2cccc(C)c2)C=CC2C(C3CCCC(C)C3)=CC=NC12. The molecular weight excluding hydrogens is 352 g/mol. The van der Waals surface area contributed by atoms with Gasteiger partial charge in [0.25, 0.3) is 0 Å². The van der Waals surface area contributed by atoms with Gasteiger partial charge in [-0.25, -0.2) is 0 Å². The van der Waals surface area contributed by atoms with E-state index in [2.05, 4.69) is 75.7 Å². The number of hydrogen-bond acceptors (Lipinski definition) is 2. The zero-order chi connectivity index (χ0) is 20.2. The van der Waals surface area contributed by atoms with E-state index in [1.165, 1.54) is 48.1 Å². The summed E-state index contributed by atoms with van der Waals surface area (Å²) in [5, 5.41) is 0. The Morgan fingerprint density at radius 2 is 2.14 bits per heavy atom. The topological polar surface area (TPSA) is 24.7 Å². The molecule has 4 rings (SSSR count). The Bertz CT molecular complexity index is 884. The fourth-order valence-electron chi connectivity index (χ4n) is 5.25. The first-order valence-electron chi connectivity index (χ1n) is 11.4. The van der Waals surface area contributed by atoms with Crippen molar-refractivity contribution in [1.82, 2.24) is 0 Å². The highest BCUT2D eigenvalue weighted by Gasteiger charge is 2.35. The van der Waals surface area contributed by atoms with Gasteiger partial charge in [0.05, 0.1) is 5.70 Å². The van der Waals surface area contributed by atoms with Crippen molar-refractivity contribution in [2.75, 3.05) is 0 Å². The van der Waals surface area contributed by atoms with Crippen LogP contribution in [0.1, 0.15) is 57.1 Å². The second-order valence-corrected chi connectivity index (χ2v) is 9.06. The van der Waals surface area contributed by atoms with Crippen LogP contribution in [0.15, 0.2) is 69.3 Å². The Labute approximate surface area is 176 Å². The Morgan fingerprint density at radius 1 is 1.24 bits per heavy atom. The van der Waals surface area contributed by atoms with Crippen molar-refractivity contribution < 1.29 is 0 Å². The highest BCUT2D eigenvalue weighted by molar-refractivity contribution is 5.75. The van der Waals surface area contributed by atoms with Gasteiger partial charge in [0.1, 0.15) is 6.04 Å². The van der Waals surface area contributed by atoms with Crippen LogP contribution in [-0.4, -0.2) is 18.5 Å². The molecule has 3 aliphatic rings. The molecule has 2 heteroatoms. The van der Waals surface area contributed by atoms with Gasteiger partial charge in [-0.05, 0) is 61.7 Å². The smallest absolute Gasteiger partial charge is 0.102 e. The third-order valence-corrected chi connectivity index (χ3v) is 6.65. The summed E-state index contributed by atoms with van der Waals surface area (Å²) in [5.74, 6) is 1.92. The van der Waals surface area contributed by atoms with E-state index in [0.29, 0.717) is 11.8 Å². The molecule has 0 N–H and O–H groups in total. The molecule has 1 aromatic rings. The number of rotatable bonds is 5. The van der Waals surface area contributed by atoms with Gasteiger partial charge in [-0.3, -0.25) is 9.98 Å². The molecule has 1 aliphatic heterocycles. The molecule has 0 radical (unpaired) electrons. The summed E-state index contributed by atoms with van der Waals surface area (Å²) in [7, 11) is 0. The lowest BCUT2D eigenvalue weighted by Crippen LogP contribution is -2.31. The van der Waals surface area contributed by atoms with Crippen LogP contribution in [0.25, 0.3) is 0 Å². The second-order valence-electron chi connectivity index (χ2n) is 9.06. The van der Waals surface area contributed by atoms with Crippen LogP contribution in [0, 0.1) is 24.7 Å². The van der Waals surface area contributed by atoms with Gasteiger partial charge in [0, 0.05) is 18.3 Å². The molecule has 4 unspecified atom stereocenters. The van der Waals surface area contributed by atoms with E-state index < -0.39 is 0 Å². The summed E-state index contributed by atoms with van der Waals surface area (Å²) >= 11 is 0. The number of nitrogens with zero attached hydrogens (tertiary/aromatic N) is 2. The number of dihydropyridines is 1. The molecule has 2 nitrogen and oxygen atoms in total. The van der Waals surface area contributed by atoms with Crippen LogP contribution in [0.2, 0.25) is 0 Å². The van der Waals surface area contributed by atoms with Gasteiger partial charge >= 0.3 is 0 Å². The summed E-state index contributed by atoms with van der Waals surface area (Å²) in [5.41, 5.74) is 6.74. The average molecular weight is 387 g/mol. The summed E-state index contributed by atoms with van der Waals surface area (Å²) in [6.07, 6.45) is 18.4. The molecule has 29 heavy (non-hydrogen) atoms.